The lowest BCUT2D eigenvalue weighted by atomic mass is 10.1. The third-order valence-electron chi connectivity index (χ3n) is 5.78. The first-order valence-corrected chi connectivity index (χ1v) is 10.9. The number of aromatic hydroxyl groups is 4. The molecule has 0 atom stereocenters. The van der Waals surface area contributed by atoms with E-state index in [4.69, 9.17) is 10.2 Å². The van der Waals surface area contributed by atoms with E-state index in [0.717, 1.165) is 12.2 Å². The predicted molar refractivity (Wildman–Crippen MR) is 137 cm³/mol. The third-order valence-corrected chi connectivity index (χ3v) is 5.78. The van der Waals surface area contributed by atoms with Crippen LogP contribution in [0.3, 0.4) is 0 Å². The van der Waals surface area contributed by atoms with Gasteiger partial charge in [-0.1, -0.05) is 12.2 Å². The van der Waals surface area contributed by atoms with E-state index < -0.39 is 17.5 Å². The second-order valence-electron chi connectivity index (χ2n) is 8.18. The number of fused-ring (bicyclic) bond motifs is 8. The highest BCUT2D eigenvalue weighted by Crippen LogP contribution is 2.37. The van der Waals surface area contributed by atoms with E-state index >= 15 is 0 Å². The average Bonchev–Trinajstić information content (AvgIpc) is 3.69. The fourth-order valence-electron chi connectivity index (χ4n) is 3.86. The van der Waals surface area contributed by atoms with Crippen LogP contribution in [-0.4, -0.2) is 62.5 Å². The molecule has 2 aliphatic rings. The van der Waals surface area contributed by atoms with E-state index in [1.807, 2.05) is 0 Å². The molecule has 3 aromatic rings. The zero-order chi connectivity index (χ0) is 27.1. The molecule has 5 rings (SSSR count). The fourth-order valence-corrected chi connectivity index (χ4v) is 3.86. The first kappa shape index (κ1) is 23.9. The summed E-state index contributed by atoms with van der Waals surface area (Å²) in [4.78, 5) is 36.6. The summed E-state index contributed by atoms with van der Waals surface area (Å²) >= 11 is 0. The average molecular weight is 514 g/mol. The summed E-state index contributed by atoms with van der Waals surface area (Å²) < 4.78 is 0. The number of hydrogen-bond donors (Lipinski definition) is 8. The monoisotopic (exact) mass is 514 g/mol. The van der Waals surface area contributed by atoms with Gasteiger partial charge in [-0.15, -0.1) is 0 Å². The molecular weight excluding hydrogens is 496 g/mol. The minimum absolute atomic E-state index is 0.0155. The summed E-state index contributed by atoms with van der Waals surface area (Å²) in [5, 5.41) is 61.4. The Bertz CT molecular complexity index is 1810. The van der Waals surface area contributed by atoms with Crippen molar-refractivity contribution in [1.82, 2.24) is 19.9 Å². The zero-order valence-corrected chi connectivity index (χ0v) is 19.2. The van der Waals surface area contributed by atoms with Crippen molar-refractivity contribution >= 4 is 57.8 Å². The number of rotatable bonds is 4. The summed E-state index contributed by atoms with van der Waals surface area (Å²) in [5.41, 5.74) is 0.411. The van der Waals surface area contributed by atoms with Crippen molar-refractivity contribution in [3.63, 3.8) is 0 Å². The van der Waals surface area contributed by atoms with E-state index in [9.17, 15) is 30.0 Å². The van der Waals surface area contributed by atoms with E-state index in [0.29, 0.717) is 0 Å². The zero-order valence-electron chi connectivity index (χ0n) is 19.2. The molecule has 0 fully saturated rings. The van der Waals surface area contributed by atoms with Crippen molar-refractivity contribution in [3.8, 4) is 23.0 Å². The molecule has 5 heterocycles. The van der Waals surface area contributed by atoms with Gasteiger partial charge in [-0.2, -0.15) is 0 Å². The number of aromatic amines is 2. The van der Waals surface area contributed by atoms with Crippen LogP contribution in [0.15, 0.2) is 48.1 Å². The predicted octanol–water partition coefficient (Wildman–Crippen LogP) is 3.50. The summed E-state index contributed by atoms with van der Waals surface area (Å²) in [6.45, 7) is 0. The van der Waals surface area contributed by atoms with Crippen molar-refractivity contribution in [2.45, 2.75) is 0 Å². The molecule has 0 aromatic carbocycles. The Morgan fingerprint density at radius 2 is 1.16 bits per heavy atom. The fraction of sp³-hybridized carbons (Fsp3) is 0. The molecular formula is C26H18N4O8. The van der Waals surface area contributed by atoms with Crippen LogP contribution in [0, 0.1) is 0 Å². The highest BCUT2D eigenvalue weighted by atomic mass is 16.4. The number of hydrogen-bond acceptors (Lipinski definition) is 8. The molecule has 0 radical (unpaired) electrons. The Hall–Kier alpha value is -5.78. The lowest BCUT2D eigenvalue weighted by molar-refractivity contribution is -0.140. The van der Waals surface area contributed by atoms with Gasteiger partial charge in [0.2, 0.25) is 0 Å². The van der Waals surface area contributed by atoms with Crippen LogP contribution in [0.1, 0.15) is 22.8 Å². The highest BCUT2D eigenvalue weighted by Gasteiger charge is 2.19. The third kappa shape index (κ3) is 4.11. The van der Waals surface area contributed by atoms with Gasteiger partial charge in [0.1, 0.15) is 28.3 Å². The van der Waals surface area contributed by atoms with Gasteiger partial charge < -0.3 is 40.6 Å². The minimum Gasteiger partial charge on any atom is -0.504 e. The first-order chi connectivity index (χ1) is 18.1. The summed E-state index contributed by atoms with van der Waals surface area (Å²) in [6.07, 6.45) is 7.75. The van der Waals surface area contributed by atoms with Crippen molar-refractivity contribution < 1.29 is 40.2 Å². The first-order valence-electron chi connectivity index (χ1n) is 10.9. The van der Waals surface area contributed by atoms with Crippen molar-refractivity contribution in [2.75, 3.05) is 0 Å². The molecule has 8 bridgehead atoms. The molecule has 2 aliphatic heterocycles. The van der Waals surface area contributed by atoms with Crippen LogP contribution in [0.2, 0.25) is 0 Å². The van der Waals surface area contributed by atoms with E-state index in [2.05, 4.69) is 19.9 Å². The number of aliphatic carboxylic acids is 2. The summed E-state index contributed by atoms with van der Waals surface area (Å²) in [6, 6.07) is 5.96. The molecule has 0 amide bonds. The van der Waals surface area contributed by atoms with Gasteiger partial charge in [0.05, 0.1) is 22.1 Å². The van der Waals surface area contributed by atoms with Crippen molar-refractivity contribution in [3.05, 3.63) is 70.8 Å². The Morgan fingerprint density at radius 1 is 0.684 bits per heavy atom. The van der Waals surface area contributed by atoms with Crippen LogP contribution in [0.4, 0.5) is 0 Å². The summed E-state index contributed by atoms with van der Waals surface area (Å²) in [7, 11) is 0. The smallest absolute Gasteiger partial charge is 0.343 e. The standard InChI is InChI=1S/C26H18N4O8/c31-21-13-4-5-14(27-13)22(32)16-8-9-18(29-16)24(34)20-11(2-1-3-12(25(35)36)26(37)38)10-19(30-20)23(33)17-7-6-15(21)28-17/h1-10,28-29,31-34H,(H,35,36)(H,37,38)/b2-1+,21-13?,21-15?,22-14?,22-16?,23-17?,23-19?,24-18?,24-20?. The van der Waals surface area contributed by atoms with E-state index in [-0.39, 0.29) is 73.4 Å². The largest absolute Gasteiger partial charge is 0.504 e. The number of nitrogens with one attached hydrogen (secondary N) is 2. The van der Waals surface area contributed by atoms with Crippen LogP contribution in [0.25, 0.3) is 45.9 Å². The minimum atomic E-state index is -1.63. The highest BCUT2D eigenvalue weighted by molar-refractivity contribution is 6.12. The molecule has 0 aliphatic carbocycles. The van der Waals surface area contributed by atoms with E-state index in [1.54, 1.807) is 0 Å². The van der Waals surface area contributed by atoms with Gasteiger partial charge in [-0.25, -0.2) is 19.6 Å². The van der Waals surface area contributed by atoms with Gasteiger partial charge in [0.15, 0.2) is 23.0 Å². The second kappa shape index (κ2) is 9.02. The number of carboxylic acids is 2. The van der Waals surface area contributed by atoms with Crippen LogP contribution < -0.4 is 0 Å². The lowest BCUT2D eigenvalue weighted by Gasteiger charge is -1.98. The van der Waals surface area contributed by atoms with Gasteiger partial charge >= 0.3 is 11.9 Å². The molecule has 8 N–H and O–H groups in total. The van der Waals surface area contributed by atoms with Gasteiger partial charge in [0, 0.05) is 5.57 Å². The molecule has 3 aromatic heterocycles. The Balaban J connectivity index is 1.81. The molecule has 0 saturated heterocycles. The molecule has 12 heteroatoms. The SMILES string of the molecule is O=C(O)C(=C/C=C/C1=Cc2nc1c(O)c1ccc([nH]1)c(O)c1nc(c(O)c3ccc([nH]3)c2O)C=C1)C(=O)O. The quantitative estimate of drug-likeness (QED) is 0.0858. The Labute approximate surface area is 212 Å². The van der Waals surface area contributed by atoms with E-state index in [1.165, 1.54) is 48.6 Å². The number of allylic oxidation sites excluding steroid dienone is 4. The number of nitrogens with zero attached hydrogens (tertiary/aromatic N) is 2. The van der Waals surface area contributed by atoms with Gasteiger partial charge in [-0.05, 0) is 48.6 Å². The molecule has 38 heavy (non-hydrogen) atoms. The lowest BCUT2D eigenvalue weighted by Crippen LogP contribution is -2.10. The number of carbonyl (C=O) groups is 2. The normalized spacial score (nSPS) is 12.5. The maximum atomic E-state index is 11.1. The van der Waals surface area contributed by atoms with Gasteiger partial charge in [0.25, 0.3) is 0 Å². The molecule has 12 nitrogen and oxygen atoms in total. The summed E-state index contributed by atoms with van der Waals surface area (Å²) in [5.74, 6) is -4.44. The number of carboxylic acid groups (broad SMARTS) is 2. The Kier molecular flexibility index (Phi) is 5.68. The molecule has 0 spiro atoms. The van der Waals surface area contributed by atoms with Crippen molar-refractivity contribution in [1.29, 1.82) is 0 Å². The maximum Gasteiger partial charge on any atom is 0.343 e. The molecule has 190 valence electrons. The van der Waals surface area contributed by atoms with Crippen LogP contribution >= 0.6 is 0 Å². The molecule has 0 unspecified atom stereocenters. The number of aromatic nitrogens is 4. The maximum absolute atomic E-state index is 11.1. The topological polar surface area (TPSA) is 213 Å². The second-order valence-corrected chi connectivity index (χ2v) is 8.18. The number of H-pyrrole nitrogens is 2. The Morgan fingerprint density at radius 3 is 1.66 bits per heavy atom. The van der Waals surface area contributed by atoms with Crippen LogP contribution in [0.5, 0.6) is 23.0 Å². The van der Waals surface area contributed by atoms with Gasteiger partial charge in [-0.3, -0.25) is 0 Å². The van der Waals surface area contributed by atoms with Crippen LogP contribution in [-0.2, 0) is 9.59 Å². The van der Waals surface area contributed by atoms with Crippen molar-refractivity contribution in [2.24, 2.45) is 0 Å². The molecule has 0 saturated carbocycles.